The first-order valence-corrected chi connectivity index (χ1v) is 7.54. The fourth-order valence-electron chi connectivity index (χ4n) is 2.27. The molecule has 0 aliphatic carbocycles. The molecule has 0 radical (unpaired) electrons. The van der Waals surface area contributed by atoms with Crippen molar-refractivity contribution in [1.82, 2.24) is 0 Å². The monoisotopic (exact) mass is 350 g/mol. The van der Waals surface area contributed by atoms with Crippen LogP contribution in [0.25, 0.3) is 6.08 Å². The zero-order valence-electron chi connectivity index (χ0n) is 11.9. The average molecular weight is 351 g/mol. The number of fused-ring (bicyclic) bond motifs is 1. The molecule has 0 amide bonds. The third-order valence-corrected chi connectivity index (χ3v) is 3.84. The number of hydrogen-bond donors (Lipinski definition) is 1. The molecule has 1 aliphatic heterocycles. The highest BCUT2D eigenvalue weighted by Gasteiger charge is 2.15. The number of aromatic hydroxyl groups is 1. The molecule has 0 unspecified atom stereocenters. The van der Waals surface area contributed by atoms with Gasteiger partial charge in [-0.25, -0.2) is 0 Å². The number of phenols is 1. The van der Waals surface area contributed by atoms with E-state index in [4.69, 9.17) is 32.7 Å². The zero-order valence-corrected chi connectivity index (χ0v) is 13.4. The molecule has 1 N–H and O–H groups in total. The van der Waals surface area contributed by atoms with Crippen LogP contribution in [0.5, 0.6) is 11.5 Å². The topological polar surface area (TPSA) is 55.8 Å². The predicted molar refractivity (Wildman–Crippen MR) is 88.2 cm³/mol. The van der Waals surface area contributed by atoms with E-state index >= 15 is 0 Å². The van der Waals surface area contributed by atoms with Crippen LogP contribution in [0.3, 0.4) is 0 Å². The molecule has 23 heavy (non-hydrogen) atoms. The molecule has 2 aromatic rings. The van der Waals surface area contributed by atoms with Gasteiger partial charge in [0.05, 0.1) is 12.2 Å². The standard InChI is InChI=1S/C17H12Cl2O4/c18-11-2-4-16(21)13(6-11)15(20)3-1-10-5-12(19)7-17-14(10)8-22-9-23-17/h1-7,21H,8-9H2. The van der Waals surface area contributed by atoms with Gasteiger partial charge in [0.1, 0.15) is 11.5 Å². The number of carbonyl (C=O) groups is 1. The summed E-state index contributed by atoms with van der Waals surface area (Å²) in [5, 5.41) is 10.6. The second kappa shape index (κ2) is 6.62. The lowest BCUT2D eigenvalue weighted by molar-refractivity contribution is -0.0164. The lowest BCUT2D eigenvalue weighted by Crippen LogP contribution is -2.12. The van der Waals surface area contributed by atoms with Crippen LogP contribution >= 0.6 is 23.2 Å². The second-order valence-corrected chi connectivity index (χ2v) is 5.81. The minimum Gasteiger partial charge on any atom is -0.507 e. The smallest absolute Gasteiger partial charge is 0.189 e. The summed E-state index contributed by atoms with van der Waals surface area (Å²) in [5.41, 5.74) is 1.68. The maximum absolute atomic E-state index is 12.2. The summed E-state index contributed by atoms with van der Waals surface area (Å²) < 4.78 is 10.6. The van der Waals surface area contributed by atoms with Crippen molar-refractivity contribution in [2.75, 3.05) is 6.79 Å². The van der Waals surface area contributed by atoms with E-state index < -0.39 is 0 Å². The molecule has 0 saturated carbocycles. The number of phenolic OH excluding ortho intramolecular Hbond substituents is 1. The van der Waals surface area contributed by atoms with Gasteiger partial charge in [0.25, 0.3) is 0 Å². The minimum atomic E-state index is -0.364. The zero-order chi connectivity index (χ0) is 16.4. The van der Waals surface area contributed by atoms with Crippen LogP contribution in [0, 0.1) is 0 Å². The molecule has 1 aliphatic rings. The SMILES string of the molecule is O=C(C=Cc1cc(Cl)cc2c1COCO2)c1cc(Cl)ccc1O. The molecular formula is C17H12Cl2O4. The predicted octanol–water partition coefficient (Wildman–Crippen LogP) is 4.46. The van der Waals surface area contributed by atoms with E-state index in [1.54, 1.807) is 18.2 Å². The Morgan fingerprint density at radius 2 is 2.00 bits per heavy atom. The van der Waals surface area contributed by atoms with Crippen molar-refractivity contribution in [2.45, 2.75) is 6.61 Å². The Kier molecular flexibility index (Phi) is 4.57. The van der Waals surface area contributed by atoms with Gasteiger partial charge in [0.15, 0.2) is 12.6 Å². The molecule has 3 rings (SSSR count). The number of benzene rings is 2. The molecule has 1 heterocycles. The van der Waals surface area contributed by atoms with Gasteiger partial charge in [0, 0.05) is 15.6 Å². The third-order valence-electron chi connectivity index (χ3n) is 3.39. The molecule has 4 nitrogen and oxygen atoms in total. The quantitative estimate of drug-likeness (QED) is 0.655. The molecule has 6 heteroatoms. The first-order valence-electron chi connectivity index (χ1n) is 6.78. The summed E-state index contributed by atoms with van der Waals surface area (Å²) >= 11 is 11.9. The molecule has 0 bridgehead atoms. The van der Waals surface area contributed by atoms with Gasteiger partial charge in [-0.15, -0.1) is 0 Å². The number of rotatable bonds is 3. The van der Waals surface area contributed by atoms with Crippen molar-refractivity contribution < 1.29 is 19.4 Å². The summed E-state index contributed by atoms with van der Waals surface area (Å²) in [5.74, 6) is 0.154. The van der Waals surface area contributed by atoms with Crippen molar-refractivity contribution in [3.63, 3.8) is 0 Å². The lowest BCUT2D eigenvalue weighted by Gasteiger charge is -2.19. The fourth-order valence-corrected chi connectivity index (χ4v) is 2.66. The number of ketones is 1. The van der Waals surface area contributed by atoms with Crippen LogP contribution < -0.4 is 4.74 Å². The summed E-state index contributed by atoms with van der Waals surface area (Å²) in [6, 6.07) is 7.75. The van der Waals surface area contributed by atoms with Crippen LogP contribution in [0.15, 0.2) is 36.4 Å². The Labute approximate surface area is 142 Å². The highest BCUT2D eigenvalue weighted by atomic mass is 35.5. The Morgan fingerprint density at radius 3 is 2.83 bits per heavy atom. The lowest BCUT2D eigenvalue weighted by atomic mass is 10.0. The van der Waals surface area contributed by atoms with Gasteiger partial charge in [-0.05, 0) is 42.0 Å². The van der Waals surface area contributed by atoms with Crippen molar-refractivity contribution in [3.05, 3.63) is 63.1 Å². The molecular weight excluding hydrogens is 339 g/mol. The average Bonchev–Trinajstić information content (AvgIpc) is 2.54. The maximum atomic E-state index is 12.2. The van der Waals surface area contributed by atoms with Crippen molar-refractivity contribution in [3.8, 4) is 11.5 Å². The Morgan fingerprint density at radius 1 is 1.17 bits per heavy atom. The van der Waals surface area contributed by atoms with E-state index in [1.165, 1.54) is 24.3 Å². The normalized spacial score (nSPS) is 13.7. The van der Waals surface area contributed by atoms with Crippen LogP contribution in [0.2, 0.25) is 10.0 Å². The maximum Gasteiger partial charge on any atom is 0.189 e. The Balaban J connectivity index is 1.92. The van der Waals surface area contributed by atoms with Crippen molar-refractivity contribution in [2.24, 2.45) is 0 Å². The van der Waals surface area contributed by atoms with Crippen LogP contribution in [-0.4, -0.2) is 17.7 Å². The van der Waals surface area contributed by atoms with Gasteiger partial charge in [-0.1, -0.05) is 29.3 Å². The molecule has 0 aromatic heterocycles. The molecule has 0 fully saturated rings. The first-order chi connectivity index (χ1) is 11.0. The Hall–Kier alpha value is -2.01. The summed E-state index contributed by atoms with van der Waals surface area (Å²) in [6.07, 6.45) is 2.97. The van der Waals surface area contributed by atoms with Gasteiger partial charge >= 0.3 is 0 Å². The molecule has 2 aromatic carbocycles. The van der Waals surface area contributed by atoms with Gasteiger partial charge in [0.2, 0.25) is 0 Å². The molecule has 0 atom stereocenters. The van der Waals surface area contributed by atoms with E-state index in [0.717, 1.165) is 11.1 Å². The summed E-state index contributed by atoms with van der Waals surface area (Å²) in [4.78, 5) is 12.2. The number of ether oxygens (including phenoxy) is 2. The van der Waals surface area contributed by atoms with Crippen LogP contribution in [0.1, 0.15) is 21.5 Å². The van der Waals surface area contributed by atoms with E-state index in [-0.39, 0.29) is 23.9 Å². The van der Waals surface area contributed by atoms with Gasteiger partial charge in [-0.3, -0.25) is 4.79 Å². The fraction of sp³-hybridized carbons (Fsp3) is 0.118. The van der Waals surface area contributed by atoms with Crippen molar-refractivity contribution in [1.29, 1.82) is 0 Å². The number of halogens is 2. The van der Waals surface area contributed by atoms with Crippen molar-refractivity contribution >= 4 is 35.1 Å². The van der Waals surface area contributed by atoms with E-state index in [2.05, 4.69) is 0 Å². The molecule has 0 saturated heterocycles. The van der Waals surface area contributed by atoms with Gasteiger partial charge < -0.3 is 14.6 Å². The van der Waals surface area contributed by atoms with E-state index in [0.29, 0.717) is 22.4 Å². The second-order valence-electron chi connectivity index (χ2n) is 4.94. The summed E-state index contributed by atoms with van der Waals surface area (Å²) in [6.45, 7) is 0.550. The van der Waals surface area contributed by atoms with E-state index in [1.807, 2.05) is 0 Å². The molecule has 0 spiro atoms. The largest absolute Gasteiger partial charge is 0.507 e. The highest BCUT2D eigenvalue weighted by molar-refractivity contribution is 6.31. The third kappa shape index (κ3) is 3.50. The highest BCUT2D eigenvalue weighted by Crippen LogP contribution is 2.32. The number of allylic oxidation sites excluding steroid dienone is 1. The van der Waals surface area contributed by atoms with E-state index in [9.17, 15) is 9.90 Å². The summed E-state index contributed by atoms with van der Waals surface area (Å²) in [7, 11) is 0. The molecule has 118 valence electrons. The van der Waals surface area contributed by atoms with Crippen LogP contribution in [0.4, 0.5) is 0 Å². The minimum absolute atomic E-state index is 0.121. The van der Waals surface area contributed by atoms with Crippen LogP contribution in [-0.2, 0) is 11.3 Å². The Bertz CT molecular complexity index is 799. The van der Waals surface area contributed by atoms with Gasteiger partial charge in [-0.2, -0.15) is 0 Å². The number of carbonyl (C=O) groups excluding carboxylic acids is 1. The first kappa shape index (κ1) is 15.9. The number of hydrogen-bond acceptors (Lipinski definition) is 4.